The van der Waals surface area contributed by atoms with Gasteiger partial charge in [-0.3, -0.25) is 5.41 Å². The van der Waals surface area contributed by atoms with Crippen LogP contribution in [0.4, 0.5) is 13.2 Å². The van der Waals surface area contributed by atoms with Crippen molar-refractivity contribution in [1.82, 2.24) is 4.31 Å². The molecule has 1 aromatic rings. The molecule has 22 heavy (non-hydrogen) atoms. The number of halogens is 3. The molecule has 0 saturated heterocycles. The minimum Gasteiger partial charge on any atom is -0.430 e. The zero-order chi connectivity index (χ0) is 16.7. The molecule has 1 atom stereocenters. The fourth-order valence-corrected chi connectivity index (χ4v) is 3.40. The average molecular weight is 332 g/mol. The molecule has 9 heteroatoms. The summed E-state index contributed by atoms with van der Waals surface area (Å²) in [7, 11) is -4.11. The molecule has 1 unspecified atom stereocenters. The van der Waals surface area contributed by atoms with E-state index in [9.17, 15) is 21.6 Å². The Balaban J connectivity index is 2.57. The predicted octanol–water partition coefficient (Wildman–Crippen LogP) is 1.98. The molecule has 0 aliphatic carbocycles. The van der Waals surface area contributed by atoms with Crippen LogP contribution in [0.15, 0.2) is 23.1 Å². The monoisotopic (exact) mass is 332 g/mol. The van der Waals surface area contributed by atoms with E-state index in [1.54, 1.807) is 0 Å². The molecule has 0 radical (unpaired) electrons. The minimum atomic E-state index is -4.15. The molecule has 0 saturated carbocycles. The number of sulfonamides is 1. The van der Waals surface area contributed by atoms with Crippen molar-refractivity contribution in [2.75, 3.05) is 6.54 Å². The van der Waals surface area contributed by atoms with Gasteiger partial charge in [0, 0.05) is 0 Å². The maximum Gasteiger partial charge on any atom is 0.429 e. The lowest BCUT2D eigenvalue weighted by molar-refractivity contribution is -0.215. The molecule has 1 aliphatic heterocycles. The summed E-state index contributed by atoms with van der Waals surface area (Å²) in [4.78, 5) is -0.382. The second-order valence-electron chi connectivity index (χ2n) is 4.47. The zero-order valence-corrected chi connectivity index (χ0v) is 12.1. The highest BCUT2D eigenvalue weighted by atomic mass is 32.2. The summed E-state index contributed by atoms with van der Waals surface area (Å²) in [5, 5.41) is 7.84. The first-order chi connectivity index (χ1) is 10.1. The summed E-state index contributed by atoms with van der Waals surface area (Å²) in [6.45, 7) is 0.182. The van der Waals surface area contributed by atoms with E-state index in [2.05, 4.69) is 10.7 Å². The van der Waals surface area contributed by atoms with Crippen LogP contribution in [0.3, 0.4) is 0 Å². The molecule has 0 amide bonds. The van der Waals surface area contributed by atoms with Crippen molar-refractivity contribution in [2.24, 2.45) is 0 Å². The topological polar surface area (TPSA) is 70.5 Å². The molecular formula is C13H11F3N2O3S. The summed E-state index contributed by atoms with van der Waals surface area (Å²) in [6.07, 6.45) is -1.72. The van der Waals surface area contributed by atoms with E-state index in [0.717, 1.165) is 18.2 Å². The summed E-state index contributed by atoms with van der Waals surface area (Å²) >= 11 is 0. The Morgan fingerprint density at radius 1 is 1.50 bits per heavy atom. The van der Waals surface area contributed by atoms with Crippen molar-refractivity contribution in [1.29, 1.82) is 5.41 Å². The molecule has 5 nitrogen and oxygen atoms in total. The number of alkyl halides is 3. The number of hydrogen-bond donors (Lipinski definition) is 1. The molecule has 0 spiro atoms. The van der Waals surface area contributed by atoms with Crippen molar-refractivity contribution >= 4 is 15.9 Å². The highest BCUT2D eigenvalue weighted by molar-refractivity contribution is 7.90. The second kappa shape index (κ2) is 5.21. The smallest absolute Gasteiger partial charge is 0.429 e. The standard InChI is InChI=1S/C13H11F3N2O3S/c1-3-7-18-12(17)11-9(21-13(15,16)8(2)14)5-4-6-10(11)22(18,19)20/h1,4-6,8,17H,7H2,2H3. The molecule has 0 aromatic heterocycles. The van der Waals surface area contributed by atoms with Crippen LogP contribution in [-0.4, -0.2) is 37.4 Å². The molecule has 0 fully saturated rings. The van der Waals surface area contributed by atoms with Crippen molar-refractivity contribution in [3.63, 3.8) is 0 Å². The Morgan fingerprint density at radius 2 is 2.14 bits per heavy atom. The van der Waals surface area contributed by atoms with Crippen molar-refractivity contribution in [2.45, 2.75) is 24.1 Å². The van der Waals surface area contributed by atoms with Gasteiger partial charge >= 0.3 is 6.11 Å². The fraction of sp³-hybridized carbons (Fsp3) is 0.308. The van der Waals surface area contributed by atoms with Crippen LogP contribution in [0.5, 0.6) is 5.75 Å². The van der Waals surface area contributed by atoms with Gasteiger partial charge in [-0.1, -0.05) is 12.0 Å². The van der Waals surface area contributed by atoms with Gasteiger partial charge in [-0.25, -0.2) is 17.1 Å². The van der Waals surface area contributed by atoms with E-state index in [1.807, 2.05) is 0 Å². The molecule has 1 heterocycles. The Hall–Kier alpha value is -2.21. The van der Waals surface area contributed by atoms with Crippen LogP contribution in [0, 0.1) is 17.8 Å². The van der Waals surface area contributed by atoms with Gasteiger partial charge < -0.3 is 4.74 Å². The number of fused-ring (bicyclic) bond motifs is 1. The van der Waals surface area contributed by atoms with Crippen LogP contribution in [0.1, 0.15) is 12.5 Å². The van der Waals surface area contributed by atoms with Gasteiger partial charge in [0.25, 0.3) is 10.0 Å². The summed E-state index contributed by atoms with van der Waals surface area (Å²) < 4.78 is 69.0. The van der Waals surface area contributed by atoms with Crippen LogP contribution in [0.2, 0.25) is 0 Å². The quantitative estimate of drug-likeness (QED) is 0.857. The van der Waals surface area contributed by atoms with Crippen molar-refractivity contribution in [3.8, 4) is 18.1 Å². The minimum absolute atomic E-state index is 0.363. The van der Waals surface area contributed by atoms with E-state index in [4.69, 9.17) is 11.8 Å². The second-order valence-corrected chi connectivity index (χ2v) is 6.30. The SMILES string of the molecule is C#CCN1C(=N)c2c(OC(F)(F)C(C)F)cccc2S1(=O)=O. The van der Waals surface area contributed by atoms with Crippen LogP contribution in [0.25, 0.3) is 0 Å². The van der Waals surface area contributed by atoms with Gasteiger partial charge in [0.2, 0.25) is 6.17 Å². The number of nitrogens with one attached hydrogen (secondary N) is 1. The Morgan fingerprint density at radius 3 is 2.68 bits per heavy atom. The molecule has 2 rings (SSSR count). The van der Waals surface area contributed by atoms with Gasteiger partial charge in [0.15, 0.2) is 0 Å². The van der Waals surface area contributed by atoms with Crippen LogP contribution in [-0.2, 0) is 10.0 Å². The van der Waals surface area contributed by atoms with Crippen LogP contribution < -0.4 is 4.74 Å². The molecule has 1 aliphatic rings. The van der Waals surface area contributed by atoms with E-state index >= 15 is 0 Å². The predicted molar refractivity (Wildman–Crippen MR) is 72.1 cm³/mol. The number of benzene rings is 1. The third-order valence-electron chi connectivity index (χ3n) is 2.99. The third kappa shape index (κ3) is 2.39. The Bertz CT molecular complexity index is 769. The number of ether oxygens (including phenoxy) is 1. The number of rotatable bonds is 4. The number of hydrogen-bond acceptors (Lipinski definition) is 4. The maximum atomic E-state index is 13.4. The summed E-state index contributed by atoms with van der Waals surface area (Å²) in [5.41, 5.74) is -0.363. The normalized spacial score (nSPS) is 17.8. The number of terminal acetylenes is 1. The van der Waals surface area contributed by atoms with Gasteiger partial charge in [0.1, 0.15) is 16.5 Å². The zero-order valence-electron chi connectivity index (χ0n) is 11.3. The van der Waals surface area contributed by atoms with Crippen molar-refractivity contribution in [3.05, 3.63) is 23.8 Å². The molecule has 1 N–H and O–H groups in total. The lowest BCUT2D eigenvalue weighted by atomic mass is 10.1. The highest BCUT2D eigenvalue weighted by Crippen LogP contribution is 2.38. The van der Waals surface area contributed by atoms with Crippen molar-refractivity contribution < 1.29 is 26.3 Å². The maximum absolute atomic E-state index is 13.4. The Kier molecular flexibility index (Phi) is 3.83. The number of amidine groups is 1. The lowest BCUT2D eigenvalue weighted by Gasteiger charge is -2.20. The van der Waals surface area contributed by atoms with E-state index in [1.165, 1.54) is 0 Å². The van der Waals surface area contributed by atoms with Gasteiger partial charge in [0.05, 0.1) is 12.1 Å². The molecule has 118 valence electrons. The summed E-state index contributed by atoms with van der Waals surface area (Å²) in [5.74, 6) is 0.885. The molecule has 1 aromatic carbocycles. The first-order valence-electron chi connectivity index (χ1n) is 6.02. The van der Waals surface area contributed by atoms with Gasteiger partial charge in [-0.2, -0.15) is 8.78 Å². The Labute approximate surface area is 125 Å². The first-order valence-corrected chi connectivity index (χ1v) is 7.46. The summed E-state index contributed by atoms with van der Waals surface area (Å²) in [6, 6.07) is 3.34. The molecule has 0 bridgehead atoms. The van der Waals surface area contributed by atoms with Gasteiger partial charge in [-0.15, -0.1) is 6.42 Å². The fourth-order valence-electron chi connectivity index (χ4n) is 1.88. The van der Waals surface area contributed by atoms with E-state index in [0.29, 0.717) is 11.2 Å². The highest BCUT2D eigenvalue weighted by Gasteiger charge is 2.44. The van der Waals surface area contributed by atoms with E-state index < -0.39 is 40.4 Å². The van der Waals surface area contributed by atoms with E-state index in [-0.39, 0.29) is 10.5 Å². The lowest BCUT2D eigenvalue weighted by Crippen LogP contribution is -2.35. The largest absolute Gasteiger partial charge is 0.430 e. The van der Waals surface area contributed by atoms with Crippen LogP contribution >= 0.6 is 0 Å². The van der Waals surface area contributed by atoms with Gasteiger partial charge in [-0.05, 0) is 19.1 Å². The average Bonchev–Trinajstić information content (AvgIpc) is 2.61. The first kappa shape index (κ1) is 16.2. The number of nitrogens with zero attached hydrogens (tertiary/aromatic N) is 1. The molecular weight excluding hydrogens is 321 g/mol. The third-order valence-corrected chi connectivity index (χ3v) is 4.77.